The number of hydrogen-bond acceptors (Lipinski definition) is 4. The van der Waals surface area contributed by atoms with Gasteiger partial charge in [0.05, 0.1) is 0 Å². The number of fused-ring (bicyclic) bond motifs is 1. The summed E-state index contributed by atoms with van der Waals surface area (Å²) in [6, 6.07) is 6.72. The van der Waals surface area contributed by atoms with Gasteiger partial charge in [-0.3, -0.25) is 4.40 Å². The third-order valence-corrected chi connectivity index (χ3v) is 4.95. The summed E-state index contributed by atoms with van der Waals surface area (Å²) >= 11 is 1.80. The first-order chi connectivity index (χ1) is 9.83. The highest BCUT2D eigenvalue weighted by molar-refractivity contribution is 7.99. The van der Waals surface area contributed by atoms with Crippen LogP contribution in [-0.4, -0.2) is 32.4 Å². The zero-order valence-electron chi connectivity index (χ0n) is 12.0. The van der Waals surface area contributed by atoms with E-state index in [2.05, 4.69) is 26.8 Å². The van der Waals surface area contributed by atoms with Crippen LogP contribution >= 0.6 is 11.8 Å². The van der Waals surface area contributed by atoms with Crippen molar-refractivity contribution < 1.29 is 0 Å². The van der Waals surface area contributed by atoms with E-state index in [0.717, 1.165) is 23.4 Å². The largest absolute Gasteiger partial charge is 0.313 e. The molecule has 0 bridgehead atoms. The van der Waals surface area contributed by atoms with Gasteiger partial charge in [-0.2, -0.15) is 0 Å². The van der Waals surface area contributed by atoms with Crippen LogP contribution in [0.3, 0.4) is 0 Å². The van der Waals surface area contributed by atoms with Gasteiger partial charge in [0.25, 0.3) is 0 Å². The number of hydrogen-bond donors (Lipinski definition) is 1. The van der Waals surface area contributed by atoms with Crippen LogP contribution in [0.25, 0.3) is 5.65 Å². The van der Waals surface area contributed by atoms with Crippen LogP contribution in [-0.2, 0) is 0 Å². The van der Waals surface area contributed by atoms with Crippen LogP contribution in [0.5, 0.6) is 0 Å². The van der Waals surface area contributed by atoms with Crippen molar-refractivity contribution in [1.29, 1.82) is 0 Å². The first-order valence-corrected chi connectivity index (χ1v) is 8.41. The molecule has 2 heterocycles. The van der Waals surface area contributed by atoms with Crippen molar-refractivity contribution in [1.82, 2.24) is 19.9 Å². The molecule has 4 nitrogen and oxygen atoms in total. The zero-order chi connectivity index (χ0) is 13.8. The summed E-state index contributed by atoms with van der Waals surface area (Å²) in [7, 11) is 0. The summed E-state index contributed by atoms with van der Waals surface area (Å²) < 4.78 is 2.06. The Hall–Kier alpha value is -1.07. The summed E-state index contributed by atoms with van der Waals surface area (Å²) in [5.41, 5.74) is 0.919. The predicted octanol–water partition coefficient (Wildman–Crippen LogP) is 3.13. The minimum atomic E-state index is 0.504. The lowest BCUT2D eigenvalue weighted by Gasteiger charge is -2.24. The molecule has 1 saturated carbocycles. The minimum absolute atomic E-state index is 0.504. The van der Waals surface area contributed by atoms with Gasteiger partial charge < -0.3 is 5.32 Å². The molecule has 0 spiro atoms. The van der Waals surface area contributed by atoms with Crippen molar-refractivity contribution in [2.45, 2.75) is 55.5 Å². The van der Waals surface area contributed by atoms with Crippen molar-refractivity contribution in [2.24, 2.45) is 0 Å². The molecular formula is C15H22N4S. The van der Waals surface area contributed by atoms with Crippen LogP contribution in [0.4, 0.5) is 0 Å². The molecule has 1 atom stereocenters. The maximum atomic E-state index is 4.28. The average molecular weight is 290 g/mol. The lowest BCUT2D eigenvalue weighted by atomic mass is 9.95. The Morgan fingerprint density at radius 1 is 1.30 bits per heavy atom. The van der Waals surface area contributed by atoms with Crippen LogP contribution in [0.1, 0.15) is 39.0 Å². The molecule has 0 aromatic carbocycles. The van der Waals surface area contributed by atoms with Gasteiger partial charge in [0.15, 0.2) is 10.8 Å². The van der Waals surface area contributed by atoms with E-state index in [1.165, 1.54) is 32.1 Å². The number of nitrogens with zero attached hydrogens (tertiary/aromatic N) is 3. The van der Waals surface area contributed by atoms with Gasteiger partial charge in [0, 0.05) is 24.0 Å². The van der Waals surface area contributed by atoms with Crippen molar-refractivity contribution >= 4 is 17.4 Å². The number of nitrogens with one attached hydrogen (secondary N) is 1. The van der Waals surface area contributed by atoms with Gasteiger partial charge in [-0.25, -0.2) is 0 Å². The van der Waals surface area contributed by atoms with E-state index in [1.807, 2.05) is 24.4 Å². The fourth-order valence-corrected chi connectivity index (χ4v) is 3.66. The molecule has 20 heavy (non-hydrogen) atoms. The molecule has 3 rings (SSSR count). The Kier molecular flexibility index (Phi) is 4.58. The Morgan fingerprint density at radius 2 is 2.15 bits per heavy atom. The van der Waals surface area contributed by atoms with E-state index in [9.17, 15) is 0 Å². The fourth-order valence-electron chi connectivity index (χ4n) is 2.76. The second-order valence-corrected chi connectivity index (χ2v) is 6.99. The molecule has 2 aromatic heterocycles. The second-order valence-electron chi connectivity index (χ2n) is 5.58. The summed E-state index contributed by atoms with van der Waals surface area (Å²) in [4.78, 5) is 0. The molecule has 1 fully saturated rings. The predicted molar refractivity (Wildman–Crippen MR) is 83.2 cm³/mol. The summed E-state index contributed by atoms with van der Waals surface area (Å²) in [5.74, 6) is 0. The SMILES string of the molecule is CC(CNC1CCCCC1)Sc1nnc2ccccn12. The molecule has 0 aliphatic heterocycles. The highest BCUT2D eigenvalue weighted by Crippen LogP contribution is 2.22. The third-order valence-electron chi connectivity index (χ3n) is 3.89. The lowest BCUT2D eigenvalue weighted by Crippen LogP contribution is -2.35. The lowest BCUT2D eigenvalue weighted by molar-refractivity contribution is 0.375. The van der Waals surface area contributed by atoms with Crippen LogP contribution in [0.15, 0.2) is 29.6 Å². The highest BCUT2D eigenvalue weighted by Gasteiger charge is 2.15. The van der Waals surface area contributed by atoms with Gasteiger partial charge in [-0.1, -0.05) is 44.0 Å². The van der Waals surface area contributed by atoms with Crippen LogP contribution in [0, 0.1) is 0 Å². The Balaban J connectivity index is 1.54. The van der Waals surface area contributed by atoms with Crippen LogP contribution in [0.2, 0.25) is 0 Å². The van der Waals surface area contributed by atoms with Gasteiger partial charge in [-0.05, 0) is 25.0 Å². The monoisotopic (exact) mass is 290 g/mol. The normalized spacial score (nSPS) is 18.4. The molecule has 0 radical (unpaired) electrons. The number of thioether (sulfide) groups is 1. The first-order valence-electron chi connectivity index (χ1n) is 7.53. The molecule has 1 N–H and O–H groups in total. The third kappa shape index (κ3) is 3.33. The number of aromatic nitrogens is 3. The smallest absolute Gasteiger partial charge is 0.195 e. The average Bonchev–Trinajstić information content (AvgIpc) is 2.90. The number of rotatable bonds is 5. The van der Waals surface area contributed by atoms with Crippen molar-refractivity contribution in [3.63, 3.8) is 0 Å². The highest BCUT2D eigenvalue weighted by atomic mass is 32.2. The minimum Gasteiger partial charge on any atom is -0.313 e. The molecule has 1 aliphatic carbocycles. The van der Waals surface area contributed by atoms with E-state index in [4.69, 9.17) is 0 Å². The molecule has 0 saturated heterocycles. The Morgan fingerprint density at radius 3 is 3.00 bits per heavy atom. The van der Waals surface area contributed by atoms with Gasteiger partial charge in [0.1, 0.15) is 0 Å². The molecule has 1 unspecified atom stereocenters. The maximum Gasteiger partial charge on any atom is 0.195 e. The summed E-state index contributed by atoms with van der Waals surface area (Å²) in [6.45, 7) is 3.29. The first kappa shape index (κ1) is 13.9. The summed E-state index contributed by atoms with van der Waals surface area (Å²) in [5, 5.41) is 13.7. The number of pyridine rings is 1. The standard InChI is InChI=1S/C15H22N4S/c1-12(11-16-13-7-3-2-4-8-13)20-15-18-17-14-9-5-6-10-19(14)15/h5-6,9-10,12-13,16H,2-4,7-8,11H2,1H3. The molecule has 5 heteroatoms. The van der Waals surface area contributed by atoms with E-state index >= 15 is 0 Å². The van der Waals surface area contributed by atoms with Gasteiger partial charge in [-0.15, -0.1) is 10.2 Å². The van der Waals surface area contributed by atoms with Crippen molar-refractivity contribution in [3.05, 3.63) is 24.4 Å². The van der Waals surface area contributed by atoms with Crippen LogP contribution < -0.4 is 5.32 Å². The summed E-state index contributed by atoms with van der Waals surface area (Å²) in [6.07, 6.45) is 8.88. The Bertz CT molecular complexity index is 548. The van der Waals surface area contributed by atoms with Crippen molar-refractivity contribution in [2.75, 3.05) is 6.54 Å². The zero-order valence-corrected chi connectivity index (χ0v) is 12.8. The van der Waals surface area contributed by atoms with E-state index in [1.54, 1.807) is 11.8 Å². The molecule has 2 aromatic rings. The van der Waals surface area contributed by atoms with E-state index < -0.39 is 0 Å². The molecule has 108 valence electrons. The van der Waals surface area contributed by atoms with Gasteiger partial charge >= 0.3 is 0 Å². The topological polar surface area (TPSA) is 42.2 Å². The second kappa shape index (κ2) is 6.59. The van der Waals surface area contributed by atoms with Gasteiger partial charge in [0.2, 0.25) is 0 Å². The Labute approximate surface area is 124 Å². The molecule has 1 aliphatic rings. The van der Waals surface area contributed by atoms with Crippen molar-refractivity contribution in [3.8, 4) is 0 Å². The quantitative estimate of drug-likeness (QED) is 0.859. The van der Waals surface area contributed by atoms with E-state index in [0.29, 0.717) is 5.25 Å². The maximum absolute atomic E-state index is 4.28. The molecular weight excluding hydrogens is 268 g/mol. The van der Waals surface area contributed by atoms with E-state index in [-0.39, 0.29) is 0 Å². The molecule has 0 amide bonds. The fraction of sp³-hybridized carbons (Fsp3) is 0.600.